The van der Waals surface area contributed by atoms with Gasteiger partial charge >= 0.3 is 16.7 Å². The van der Waals surface area contributed by atoms with Crippen LogP contribution in [-0.2, 0) is 16.7 Å². The zero-order valence-electron chi connectivity index (χ0n) is 6.95. The molecule has 0 radical (unpaired) electrons. The molecule has 0 saturated carbocycles. The second kappa shape index (κ2) is 3.69. The van der Waals surface area contributed by atoms with E-state index in [0.29, 0.717) is 12.1 Å². The van der Waals surface area contributed by atoms with Crippen molar-refractivity contribution < 1.29 is 29.7 Å². The monoisotopic (exact) mass is 244 g/mol. The van der Waals surface area contributed by atoms with Gasteiger partial charge in [0.2, 0.25) is 0 Å². The van der Waals surface area contributed by atoms with E-state index in [9.17, 15) is 25.5 Å². The fourth-order valence-corrected chi connectivity index (χ4v) is 1.17. The summed E-state index contributed by atoms with van der Waals surface area (Å²) in [6, 6.07) is 2.89. The van der Waals surface area contributed by atoms with Gasteiger partial charge in [-0.2, -0.15) is 21.6 Å². The molecule has 0 aliphatic carbocycles. The van der Waals surface area contributed by atoms with Gasteiger partial charge in [0.1, 0.15) is 5.75 Å². The van der Waals surface area contributed by atoms with Crippen molar-refractivity contribution in [3.8, 4) is 5.75 Å². The number of rotatable bonds is 2. The maximum absolute atomic E-state index is 12.1. The molecule has 8 heteroatoms. The first kappa shape index (κ1) is 11.8. The van der Waals surface area contributed by atoms with Crippen LogP contribution in [0, 0.1) is 0 Å². The van der Waals surface area contributed by atoms with E-state index in [2.05, 4.69) is 4.18 Å². The van der Waals surface area contributed by atoms with E-state index < -0.39 is 28.0 Å². The smallest absolute Gasteiger partial charge is 0.358 e. The molecular formula is C7H4F4O3S. The third kappa shape index (κ3) is 3.74. The molecule has 0 heterocycles. The Morgan fingerprint density at radius 3 is 2.27 bits per heavy atom. The van der Waals surface area contributed by atoms with Crippen LogP contribution in [-0.4, -0.2) is 8.42 Å². The van der Waals surface area contributed by atoms with Gasteiger partial charge in [-0.25, -0.2) is 0 Å². The summed E-state index contributed by atoms with van der Waals surface area (Å²) in [5, 5.41) is 0. The van der Waals surface area contributed by atoms with Crippen LogP contribution >= 0.6 is 0 Å². The standard InChI is InChI=1S/C7H4F4O3S/c8-7(9,10)5-2-1-3-6(4-5)14-15(11,12)13/h1-4H. The summed E-state index contributed by atoms with van der Waals surface area (Å²) < 4.78 is 71.9. The topological polar surface area (TPSA) is 43.4 Å². The lowest BCUT2D eigenvalue weighted by Crippen LogP contribution is -2.06. The summed E-state index contributed by atoms with van der Waals surface area (Å²) in [5.41, 5.74) is -1.12. The third-order valence-electron chi connectivity index (χ3n) is 1.36. The quantitative estimate of drug-likeness (QED) is 0.592. The van der Waals surface area contributed by atoms with Gasteiger partial charge in [0.25, 0.3) is 0 Å². The number of hydrogen-bond donors (Lipinski definition) is 0. The first-order valence-corrected chi connectivity index (χ1v) is 4.81. The Balaban J connectivity index is 3.04. The van der Waals surface area contributed by atoms with Crippen LogP contribution in [0.3, 0.4) is 0 Å². The first-order chi connectivity index (χ1) is 6.68. The lowest BCUT2D eigenvalue weighted by molar-refractivity contribution is -0.137. The van der Waals surface area contributed by atoms with E-state index in [-0.39, 0.29) is 0 Å². The molecule has 3 nitrogen and oxygen atoms in total. The Labute approximate surface area is 82.7 Å². The van der Waals surface area contributed by atoms with E-state index in [1.807, 2.05) is 0 Å². The predicted octanol–water partition coefficient (Wildman–Crippen LogP) is 2.30. The van der Waals surface area contributed by atoms with Gasteiger partial charge in [-0.3, -0.25) is 0 Å². The van der Waals surface area contributed by atoms with Crippen molar-refractivity contribution in [2.75, 3.05) is 0 Å². The molecule has 0 unspecified atom stereocenters. The van der Waals surface area contributed by atoms with Gasteiger partial charge in [-0.1, -0.05) is 9.95 Å². The predicted molar refractivity (Wildman–Crippen MR) is 42.1 cm³/mol. The van der Waals surface area contributed by atoms with Crippen molar-refractivity contribution in [2.45, 2.75) is 6.18 Å². The van der Waals surface area contributed by atoms with Crippen molar-refractivity contribution in [3.63, 3.8) is 0 Å². The Morgan fingerprint density at radius 1 is 1.20 bits per heavy atom. The second-order valence-corrected chi connectivity index (χ2v) is 3.45. The Kier molecular flexibility index (Phi) is 2.89. The van der Waals surface area contributed by atoms with E-state index in [0.717, 1.165) is 12.1 Å². The molecule has 0 saturated heterocycles. The summed E-state index contributed by atoms with van der Waals surface area (Å²) in [6.45, 7) is 0. The van der Waals surface area contributed by atoms with Crippen molar-refractivity contribution in [1.29, 1.82) is 0 Å². The summed E-state index contributed by atoms with van der Waals surface area (Å²) in [6.07, 6.45) is -4.64. The summed E-state index contributed by atoms with van der Waals surface area (Å²) in [4.78, 5) is 0. The molecule has 0 atom stereocenters. The van der Waals surface area contributed by atoms with E-state index >= 15 is 0 Å². The molecule has 0 aliphatic heterocycles. The number of benzene rings is 1. The zero-order valence-corrected chi connectivity index (χ0v) is 7.77. The largest absolute Gasteiger partial charge is 0.488 e. The van der Waals surface area contributed by atoms with E-state index in [1.165, 1.54) is 0 Å². The number of hydrogen-bond acceptors (Lipinski definition) is 3. The van der Waals surface area contributed by atoms with Gasteiger partial charge in [0.05, 0.1) is 5.56 Å². The van der Waals surface area contributed by atoms with Gasteiger partial charge in [-0.15, -0.1) is 0 Å². The Bertz CT molecular complexity index is 452. The normalized spacial score (nSPS) is 12.5. The number of halogens is 4. The minimum absolute atomic E-state index is 0.386. The van der Waals surface area contributed by atoms with Gasteiger partial charge in [0.15, 0.2) is 0 Å². The molecule has 0 aliphatic rings. The maximum atomic E-state index is 12.1. The fourth-order valence-electron chi connectivity index (χ4n) is 0.839. The Hall–Kier alpha value is -1.31. The summed E-state index contributed by atoms with van der Waals surface area (Å²) in [7, 11) is -5.31. The van der Waals surface area contributed by atoms with Crippen LogP contribution in [0.4, 0.5) is 17.1 Å². The molecule has 84 valence electrons. The molecule has 1 aromatic carbocycles. The molecule has 1 rings (SSSR count). The van der Waals surface area contributed by atoms with Crippen molar-refractivity contribution in [2.24, 2.45) is 0 Å². The van der Waals surface area contributed by atoms with Crippen LogP contribution in [0.5, 0.6) is 5.75 Å². The molecule has 0 fully saturated rings. The maximum Gasteiger partial charge on any atom is 0.488 e. The fraction of sp³-hybridized carbons (Fsp3) is 0.143. The highest BCUT2D eigenvalue weighted by Gasteiger charge is 2.31. The third-order valence-corrected chi connectivity index (χ3v) is 1.75. The van der Waals surface area contributed by atoms with Crippen LogP contribution in [0.15, 0.2) is 24.3 Å². The molecule has 1 aromatic rings. The van der Waals surface area contributed by atoms with Crippen molar-refractivity contribution in [3.05, 3.63) is 29.8 Å². The lowest BCUT2D eigenvalue weighted by atomic mass is 10.2. The molecule has 0 spiro atoms. The zero-order chi connectivity index (χ0) is 11.7. The molecule has 0 N–H and O–H groups in total. The van der Waals surface area contributed by atoms with E-state index in [1.54, 1.807) is 0 Å². The van der Waals surface area contributed by atoms with Crippen molar-refractivity contribution in [1.82, 2.24) is 0 Å². The molecule has 0 aromatic heterocycles. The highest BCUT2D eigenvalue weighted by atomic mass is 32.3. The van der Waals surface area contributed by atoms with Crippen LogP contribution in [0.1, 0.15) is 5.56 Å². The van der Waals surface area contributed by atoms with Gasteiger partial charge in [-0.05, 0) is 18.2 Å². The SMILES string of the molecule is O=S(=O)(F)Oc1cccc(C(F)(F)F)c1. The first-order valence-electron chi connectivity index (χ1n) is 3.50. The Morgan fingerprint density at radius 2 is 1.80 bits per heavy atom. The highest BCUT2D eigenvalue weighted by Crippen LogP contribution is 2.31. The molecular weight excluding hydrogens is 240 g/mol. The van der Waals surface area contributed by atoms with Crippen LogP contribution in [0.25, 0.3) is 0 Å². The van der Waals surface area contributed by atoms with E-state index in [4.69, 9.17) is 0 Å². The lowest BCUT2D eigenvalue weighted by Gasteiger charge is -2.07. The van der Waals surface area contributed by atoms with Crippen LogP contribution in [0.2, 0.25) is 0 Å². The summed E-state index contributed by atoms with van der Waals surface area (Å²) in [5.74, 6) is -0.729. The summed E-state index contributed by atoms with van der Waals surface area (Å²) >= 11 is 0. The molecule has 15 heavy (non-hydrogen) atoms. The molecule has 0 amide bonds. The minimum Gasteiger partial charge on any atom is -0.358 e. The van der Waals surface area contributed by atoms with Gasteiger partial charge in [0, 0.05) is 0 Å². The average Bonchev–Trinajstić information content (AvgIpc) is 1.99. The minimum atomic E-state index is -5.31. The second-order valence-electron chi connectivity index (χ2n) is 2.50. The van der Waals surface area contributed by atoms with Gasteiger partial charge < -0.3 is 4.18 Å². The van der Waals surface area contributed by atoms with Crippen LogP contribution < -0.4 is 4.18 Å². The van der Waals surface area contributed by atoms with Crippen molar-refractivity contribution >= 4 is 10.5 Å². The number of alkyl halides is 3. The average molecular weight is 244 g/mol. The highest BCUT2D eigenvalue weighted by molar-refractivity contribution is 7.81. The molecule has 0 bridgehead atoms.